The Morgan fingerprint density at radius 3 is 2.63 bits per heavy atom. The number of halogens is 1. The molecule has 0 fully saturated rings. The zero-order valence-corrected chi connectivity index (χ0v) is 17.1. The van der Waals surface area contributed by atoms with Crippen molar-refractivity contribution in [1.82, 2.24) is 15.5 Å². The molecule has 1 atom stereocenters. The summed E-state index contributed by atoms with van der Waals surface area (Å²) in [7, 11) is 0. The summed E-state index contributed by atoms with van der Waals surface area (Å²) >= 11 is 8.72. The Bertz CT molecular complexity index is 871. The lowest BCUT2D eigenvalue weighted by Crippen LogP contribution is -2.28. The van der Waals surface area contributed by atoms with Crippen molar-refractivity contribution in [3.8, 4) is 0 Å². The lowest BCUT2D eigenvalue weighted by molar-refractivity contribution is -0.119. The molecule has 0 bridgehead atoms. The molecule has 3 rings (SSSR count). The smallest absolute Gasteiger partial charge is 0.230 e. The lowest BCUT2D eigenvalue weighted by Gasteiger charge is -2.14. The van der Waals surface area contributed by atoms with Crippen LogP contribution in [0.15, 0.2) is 58.9 Å². The third-order valence-electron chi connectivity index (χ3n) is 3.77. The number of benzene rings is 2. The average molecular weight is 419 g/mol. The molecule has 2 N–H and O–H groups in total. The Morgan fingerprint density at radius 2 is 1.89 bits per heavy atom. The van der Waals surface area contributed by atoms with Crippen LogP contribution in [0.4, 0.5) is 5.13 Å². The van der Waals surface area contributed by atoms with Crippen molar-refractivity contribution in [2.75, 3.05) is 11.1 Å². The van der Waals surface area contributed by atoms with E-state index in [0.29, 0.717) is 17.3 Å². The van der Waals surface area contributed by atoms with Gasteiger partial charge in [-0.25, -0.2) is 0 Å². The molecule has 8 heteroatoms. The minimum absolute atomic E-state index is 0.0450. The third kappa shape index (κ3) is 6.23. The van der Waals surface area contributed by atoms with Crippen molar-refractivity contribution in [1.29, 1.82) is 0 Å². The maximum Gasteiger partial charge on any atom is 0.230 e. The predicted octanol–water partition coefficient (Wildman–Crippen LogP) is 4.77. The van der Waals surface area contributed by atoms with Crippen LogP contribution in [-0.2, 0) is 11.3 Å². The number of aromatic nitrogens is 2. The summed E-state index contributed by atoms with van der Waals surface area (Å²) < 4.78 is 0.764. The van der Waals surface area contributed by atoms with Crippen molar-refractivity contribution in [3.63, 3.8) is 0 Å². The van der Waals surface area contributed by atoms with Gasteiger partial charge in [-0.05, 0) is 30.2 Å². The predicted molar refractivity (Wildman–Crippen MR) is 112 cm³/mol. The minimum Gasteiger partial charge on any atom is -0.356 e. The maximum atomic E-state index is 12.2. The first kappa shape index (κ1) is 19.7. The van der Waals surface area contributed by atoms with Gasteiger partial charge in [0, 0.05) is 11.6 Å². The number of carbonyl (C=O) groups is 1. The Hall–Kier alpha value is -2.09. The van der Waals surface area contributed by atoms with Gasteiger partial charge in [0.1, 0.15) is 0 Å². The molecule has 0 aliphatic carbocycles. The van der Waals surface area contributed by atoms with Crippen LogP contribution in [0.2, 0.25) is 5.02 Å². The van der Waals surface area contributed by atoms with Gasteiger partial charge >= 0.3 is 0 Å². The molecule has 2 aromatic carbocycles. The molecule has 5 nitrogen and oxygen atoms in total. The molecule has 1 heterocycles. The number of rotatable bonds is 8. The average Bonchev–Trinajstić information content (AvgIpc) is 3.14. The van der Waals surface area contributed by atoms with Crippen LogP contribution in [0.3, 0.4) is 0 Å². The molecule has 1 unspecified atom stereocenters. The van der Waals surface area contributed by atoms with Gasteiger partial charge in [-0.3, -0.25) is 4.79 Å². The number of nitrogens with zero attached hydrogens (tertiary/aromatic N) is 2. The highest BCUT2D eigenvalue weighted by Crippen LogP contribution is 2.26. The van der Waals surface area contributed by atoms with Crippen molar-refractivity contribution in [2.24, 2.45) is 0 Å². The van der Waals surface area contributed by atoms with Gasteiger partial charge in [0.05, 0.1) is 11.8 Å². The van der Waals surface area contributed by atoms with Gasteiger partial charge in [-0.15, -0.1) is 10.2 Å². The minimum atomic E-state index is -0.0760. The van der Waals surface area contributed by atoms with Gasteiger partial charge in [0.15, 0.2) is 4.34 Å². The highest BCUT2D eigenvalue weighted by molar-refractivity contribution is 8.01. The van der Waals surface area contributed by atoms with Gasteiger partial charge in [0.2, 0.25) is 11.0 Å². The molecule has 0 saturated carbocycles. The topological polar surface area (TPSA) is 66.9 Å². The summed E-state index contributed by atoms with van der Waals surface area (Å²) in [5, 5.41) is 15.9. The first-order chi connectivity index (χ1) is 13.1. The number of nitrogens with one attached hydrogen (secondary N) is 2. The number of anilines is 1. The second-order valence-electron chi connectivity index (χ2n) is 5.84. The van der Waals surface area contributed by atoms with Gasteiger partial charge in [-0.2, -0.15) is 0 Å². The quantitative estimate of drug-likeness (QED) is 0.515. The second kappa shape index (κ2) is 9.73. The summed E-state index contributed by atoms with van der Waals surface area (Å²) in [5.74, 6) is 0.252. The van der Waals surface area contributed by atoms with Gasteiger partial charge < -0.3 is 10.6 Å². The largest absolute Gasteiger partial charge is 0.356 e. The molecule has 0 aliphatic rings. The fourth-order valence-electron chi connectivity index (χ4n) is 2.36. The zero-order chi connectivity index (χ0) is 19.1. The van der Waals surface area contributed by atoms with E-state index in [-0.39, 0.29) is 11.9 Å². The van der Waals surface area contributed by atoms with E-state index in [0.717, 1.165) is 15.0 Å². The van der Waals surface area contributed by atoms with Crippen LogP contribution < -0.4 is 10.6 Å². The fourth-order valence-corrected chi connectivity index (χ4v) is 4.04. The lowest BCUT2D eigenvalue weighted by atomic mass is 10.1. The summed E-state index contributed by atoms with van der Waals surface area (Å²) in [6, 6.07) is 17.5. The number of amides is 1. The molecule has 3 aromatic rings. The van der Waals surface area contributed by atoms with E-state index < -0.39 is 0 Å². The number of thioether (sulfide) groups is 1. The highest BCUT2D eigenvalue weighted by Gasteiger charge is 2.12. The molecule has 0 saturated heterocycles. The molecule has 140 valence electrons. The standard InChI is InChI=1S/C19H19ClN4OS2/c1-13(15-7-9-16(20)10-8-15)22-17(25)12-26-19-24-23-18(27-19)21-11-14-5-3-2-4-6-14/h2-10,13H,11-12H2,1H3,(H,21,23)(H,22,25). The van der Waals surface area contributed by atoms with Crippen LogP contribution in [0.5, 0.6) is 0 Å². The molecule has 1 amide bonds. The van der Waals surface area contributed by atoms with Crippen molar-refractivity contribution >= 4 is 45.7 Å². The molecule has 1 aromatic heterocycles. The van der Waals surface area contributed by atoms with E-state index in [4.69, 9.17) is 11.6 Å². The molecular weight excluding hydrogens is 400 g/mol. The van der Waals surface area contributed by atoms with E-state index in [1.165, 1.54) is 28.7 Å². The van der Waals surface area contributed by atoms with Crippen molar-refractivity contribution in [2.45, 2.75) is 23.8 Å². The third-order valence-corrected chi connectivity index (χ3v) is 6.03. The summed E-state index contributed by atoms with van der Waals surface area (Å²) in [5.41, 5.74) is 2.19. The van der Waals surface area contributed by atoms with E-state index in [9.17, 15) is 4.79 Å². The van der Waals surface area contributed by atoms with E-state index >= 15 is 0 Å². The monoisotopic (exact) mass is 418 g/mol. The van der Waals surface area contributed by atoms with Crippen LogP contribution in [0, 0.1) is 0 Å². The first-order valence-corrected chi connectivity index (χ1v) is 10.6. The number of hydrogen-bond donors (Lipinski definition) is 2. The Balaban J connectivity index is 1.43. The fraction of sp³-hybridized carbons (Fsp3) is 0.211. The second-order valence-corrected chi connectivity index (χ2v) is 8.48. The van der Waals surface area contributed by atoms with Crippen LogP contribution in [0.1, 0.15) is 24.1 Å². The van der Waals surface area contributed by atoms with E-state index in [2.05, 4.69) is 33.0 Å². The highest BCUT2D eigenvalue weighted by atomic mass is 35.5. The molecule has 27 heavy (non-hydrogen) atoms. The van der Waals surface area contributed by atoms with Gasteiger partial charge in [-0.1, -0.05) is 77.2 Å². The van der Waals surface area contributed by atoms with Crippen LogP contribution in [0.25, 0.3) is 0 Å². The summed E-state index contributed by atoms with van der Waals surface area (Å²) in [6.45, 7) is 2.64. The Morgan fingerprint density at radius 1 is 1.15 bits per heavy atom. The maximum absolute atomic E-state index is 12.2. The number of hydrogen-bond acceptors (Lipinski definition) is 6. The Labute approximate surface area is 171 Å². The van der Waals surface area contributed by atoms with Crippen molar-refractivity contribution < 1.29 is 4.79 Å². The summed E-state index contributed by atoms with van der Waals surface area (Å²) in [4.78, 5) is 12.2. The normalized spacial score (nSPS) is 11.8. The van der Waals surface area contributed by atoms with E-state index in [1.54, 1.807) is 0 Å². The Kier molecular flexibility index (Phi) is 7.09. The zero-order valence-electron chi connectivity index (χ0n) is 14.7. The first-order valence-electron chi connectivity index (χ1n) is 8.39. The molecule has 0 radical (unpaired) electrons. The van der Waals surface area contributed by atoms with E-state index in [1.807, 2.05) is 49.4 Å². The molecular formula is C19H19ClN4OS2. The van der Waals surface area contributed by atoms with Crippen LogP contribution in [-0.4, -0.2) is 21.9 Å². The molecule has 0 aliphatic heterocycles. The number of carbonyl (C=O) groups excluding carboxylic acids is 1. The summed E-state index contributed by atoms with van der Waals surface area (Å²) in [6.07, 6.45) is 0. The van der Waals surface area contributed by atoms with Gasteiger partial charge in [0.25, 0.3) is 0 Å². The van der Waals surface area contributed by atoms with Crippen molar-refractivity contribution in [3.05, 3.63) is 70.7 Å². The van der Waals surface area contributed by atoms with Crippen LogP contribution >= 0.6 is 34.7 Å². The SMILES string of the molecule is CC(NC(=O)CSc1nnc(NCc2ccccc2)s1)c1ccc(Cl)cc1. The molecule has 0 spiro atoms.